The number of anilines is 1. The van der Waals surface area contributed by atoms with Crippen LogP contribution in [-0.2, 0) is 6.42 Å². The number of aryl methyl sites for hydroxylation is 1. The van der Waals surface area contributed by atoms with E-state index in [9.17, 15) is 4.79 Å². The van der Waals surface area contributed by atoms with Crippen LogP contribution in [0.4, 0.5) is 10.6 Å². The number of hydrogen-bond donors (Lipinski definition) is 1. The van der Waals surface area contributed by atoms with Crippen LogP contribution in [0.15, 0.2) is 30.5 Å². The molecular weight excluding hydrogens is 462 g/mol. The third-order valence-electron chi connectivity index (χ3n) is 6.34. The number of hydrogen-bond acceptors (Lipinski definition) is 5. The summed E-state index contributed by atoms with van der Waals surface area (Å²) in [6.07, 6.45) is 6.62. The molecule has 1 N–H and O–H groups in total. The molecule has 3 aromatic rings. The van der Waals surface area contributed by atoms with E-state index in [4.69, 9.17) is 21.6 Å². The molecule has 3 heterocycles. The fraction of sp³-hybridized carbons (Fsp3) is 0.538. The van der Waals surface area contributed by atoms with Crippen LogP contribution in [0.25, 0.3) is 16.7 Å². The van der Waals surface area contributed by atoms with Crippen LogP contribution in [0.1, 0.15) is 52.3 Å². The van der Waals surface area contributed by atoms with Gasteiger partial charge in [0.05, 0.1) is 17.3 Å². The molecule has 1 aliphatic rings. The van der Waals surface area contributed by atoms with E-state index in [2.05, 4.69) is 36.1 Å². The summed E-state index contributed by atoms with van der Waals surface area (Å²) in [6, 6.07) is 7.67. The Morgan fingerprint density at radius 1 is 1.17 bits per heavy atom. The first-order valence-electron chi connectivity index (χ1n) is 12.7. The first-order chi connectivity index (χ1) is 17.0. The molecular formula is C26H36ClN7O. The topological polar surface area (TPSA) is 79.2 Å². The van der Waals surface area contributed by atoms with Gasteiger partial charge in [0.15, 0.2) is 5.65 Å². The second-order valence-electron chi connectivity index (χ2n) is 9.58. The van der Waals surface area contributed by atoms with E-state index in [1.54, 1.807) is 0 Å². The van der Waals surface area contributed by atoms with Gasteiger partial charge in [-0.2, -0.15) is 5.10 Å². The lowest BCUT2D eigenvalue weighted by molar-refractivity contribution is 0.201. The zero-order valence-corrected chi connectivity index (χ0v) is 21.8. The Morgan fingerprint density at radius 3 is 2.80 bits per heavy atom. The van der Waals surface area contributed by atoms with Gasteiger partial charge < -0.3 is 15.1 Å². The van der Waals surface area contributed by atoms with Crippen LogP contribution in [0.2, 0.25) is 5.02 Å². The zero-order chi connectivity index (χ0) is 24.8. The molecule has 9 heteroatoms. The van der Waals surface area contributed by atoms with Gasteiger partial charge in [-0.15, -0.1) is 0 Å². The summed E-state index contributed by atoms with van der Waals surface area (Å²) >= 11 is 6.26. The summed E-state index contributed by atoms with van der Waals surface area (Å²) in [5.74, 6) is 2.28. The molecule has 4 rings (SSSR count). The maximum atomic E-state index is 12.6. The predicted molar refractivity (Wildman–Crippen MR) is 142 cm³/mol. The molecule has 2 aromatic heterocycles. The van der Waals surface area contributed by atoms with E-state index < -0.39 is 0 Å². The molecule has 1 aliphatic heterocycles. The van der Waals surface area contributed by atoms with Crippen molar-refractivity contribution in [3.8, 4) is 5.69 Å². The quantitative estimate of drug-likeness (QED) is 0.439. The van der Waals surface area contributed by atoms with Gasteiger partial charge >= 0.3 is 6.03 Å². The smallest absolute Gasteiger partial charge is 0.317 e. The van der Waals surface area contributed by atoms with Crippen LogP contribution in [0.3, 0.4) is 0 Å². The van der Waals surface area contributed by atoms with Crippen molar-refractivity contribution in [2.24, 2.45) is 5.92 Å². The fourth-order valence-electron chi connectivity index (χ4n) is 4.32. The summed E-state index contributed by atoms with van der Waals surface area (Å²) < 4.78 is 1.84. The van der Waals surface area contributed by atoms with Gasteiger partial charge in [-0.1, -0.05) is 44.9 Å². The first kappa shape index (κ1) is 25.2. The van der Waals surface area contributed by atoms with Crippen LogP contribution in [0, 0.1) is 5.92 Å². The second kappa shape index (κ2) is 11.7. The van der Waals surface area contributed by atoms with Crippen LogP contribution >= 0.6 is 11.6 Å². The predicted octanol–water partition coefficient (Wildman–Crippen LogP) is 5.08. The molecule has 1 aromatic carbocycles. The van der Waals surface area contributed by atoms with Crippen LogP contribution in [-0.4, -0.2) is 63.4 Å². The molecule has 8 nitrogen and oxygen atoms in total. The highest BCUT2D eigenvalue weighted by Crippen LogP contribution is 2.28. The minimum absolute atomic E-state index is 0.0273. The largest absolute Gasteiger partial charge is 0.354 e. The van der Waals surface area contributed by atoms with Gasteiger partial charge in [0, 0.05) is 44.2 Å². The van der Waals surface area contributed by atoms with Crippen LogP contribution < -0.4 is 10.2 Å². The molecule has 2 amide bonds. The maximum absolute atomic E-state index is 12.6. The average Bonchev–Trinajstić information content (AvgIpc) is 3.11. The number of benzene rings is 1. The molecule has 0 unspecified atom stereocenters. The third-order valence-corrected chi connectivity index (χ3v) is 6.58. The lowest BCUT2D eigenvalue weighted by Crippen LogP contribution is -2.42. The molecule has 0 aliphatic carbocycles. The number of amides is 2. The number of rotatable bonds is 8. The molecule has 0 saturated carbocycles. The number of nitrogens with zero attached hydrogens (tertiary/aromatic N) is 6. The summed E-state index contributed by atoms with van der Waals surface area (Å²) in [6.45, 7) is 10.2. The first-order valence-corrected chi connectivity index (χ1v) is 13.1. The van der Waals surface area contributed by atoms with E-state index in [1.165, 1.54) is 0 Å². The summed E-state index contributed by atoms with van der Waals surface area (Å²) in [5, 5.41) is 9.28. The molecule has 188 valence electrons. The number of nitrogens with one attached hydrogen (secondary N) is 1. The number of aromatic nitrogens is 4. The summed E-state index contributed by atoms with van der Waals surface area (Å²) in [4.78, 5) is 26.8. The van der Waals surface area contributed by atoms with Crippen molar-refractivity contribution in [2.45, 2.75) is 52.9 Å². The Hall–Kier alpha value is -2.87. The number of urea groups is 1. The lowest BCUT2D eigenvalue weighted by Gasteiger charge is -2.24. The van der Waals surface area contributed by atoms with Crippen molar-refractivity contribution in [2.75, 3.05) is 37.6 Å². The van der Waals surface area contributed by atoms with Gasteiger partial charge in [-0.25, -0.2) is 19.4 Å². The monoisotopic (exact) mass is 497 g/mol. The number of halogens is 1. The minimum Gasteiger partial charge on any atom is -0.354 e. The second-order valence-corrected chi connectivity index (χ2v) is 10.0. The van der Waals surface area contributed by atoms with Crippen LogP contribution in [0.5, 0.6) is 0 Å². The number of unbranched alkanes of at least 4 members (excludes halogenated alkanes) is 1. The maximum Gasteiger partial charge on any atom is 0.317 e. The molecule has 35 heavy (non-hydrogen) atoms. The standard InChI is InChI=1S/C26H36ClN7O/c1-4-5-12-28-26(35)33-14-7-13-32(15-16-33)24-22-18-29-34(21-9-6-8-20(27)17-21)25(22)31-23(30-24)11-10-19(2)3/h6,8-9,17-19H,4-5,7,10-16H2,1-3H3,(H,28,35). The molecule has 0 spiro atoms. The highest BCUT2D eigenvalue weighted by atomic mass is 35.5. The van der Waals surface area contributed by atoms with Gasteiger partial charge in [-0.3, -0.25) is 0 Å². The normalized spacial score (nSPS) is 14.5. The van der Waals surface area contributed by atoms with Crippen molar-refractivity contribution in [3.05, 3.63) is 41.3 Å². The number of carbonyl (C=O) groups is 1. The third kappa shape index (κ3) is 6.23. The van der Waals surface area contributed by atoms with E-state index in [0.717, 1.165) is 86.6 Å². The Bertz CT molecular complexity index is 1150. The molecule has 0 radical (unpaired) electrons. The fourth-order valence-corrected chi connectivity index (χ4v) is 4.51. The highest BCUT2D eigenvalue weighted by molar-refractivity contribution is 6.30. The summed E-state index contributed by atoms with van der Waals surface area (Å²) in [5.41, 5.74) is 1.66. The molecule has 0 bridgehead atoms. The molecule has 0 atom stereocenters. The van der Waals surface area contributed by atoms with E-state index in [-0.39, 0.29) is 6.03 Å². The van der Waals surface area contributed by atoms with Gasteiger partial charge in [-0.05, 0) is 43.4 Å². The Morgan fingerprint density at radius 2 is 2.03 bits per heavy atom. The van der Waals surface area contributed by atoms with Crippen molar-refractivity contribution in [1.29, 1.82) is 0 Å². The van der Waals surface area contributed by atoms with E-state index in [0.29, 0.717) is 17.5 Å². The van der Waals surface area contributed by atoms with Crippen molar-refractivity contribution < 1.29 is 4.79 Å². The minimum atomic E-state index is 0.0273. The van der Waals surface area contributed by atoms with Gasteiger partial charge in [0.2, 0.25) is 0 Å². The Kier molecular flexibility index (Phi) is 8.44. The molecule has 1 saturated heterocycles. The van der Waals surface area contributed by atoms with E-state index >= 15 is 0 Å². The number of carbonyl (C=O) groups excluding carboxylic acids is 1. The molecule has 1 fully saturated rings. The van der Waals surface area contributed by atoms with Gasteiger partial charge in [0.25, 0.3) is 0 Å². The Labute approximate surface area is 212 Å². The summed E-state index contributed by atoms with van der Waals surface area (Å²) in [7, 11) is 0. The SMILES string of the molecule is CCCCNC(=O)N1CCCN(c2nc(CCC(C)C)nc3c2cnn3-c2cccc(Cl)c2)CC1. The average molecular weight is 498 g/mol. The van der Waals surface area contributed by atoms with Gasteiger partial charge in [0.1, 0.15) is 11.6 Å². The lowest BCUT2D eigenvalue weighted by atomic mass is 10.1. The van der Waals surface area contributed by atoms with Crippen molar-refractivity contribution >= 4 is 34.5 Å². The zero-order valence-electron chi connectivity index (χ0n) is 21.0. The number of fused-ring (bicyclic) bond motifs is 1. The van der Waals surface area contributed by atoms with Crippen molar-refractivity contribution in [1.82, 2.24) is 30.0 Å². The Balaban J connectivity index is 1.64. The highest BCUT2D eigenvalue weighted by Gasteiger charge is 2.23. The van der Waals surface area contributed by atoms with E-state index in [1.807, 2.05) is 40.0 Å². The van der Waals surface area contributed by atoms with Crippen molar-refractivity contribution in [3.63, 3.8) is 0 Å².